The van der Waals surface area contributed by atoms with Crippen LogP contribution >= 0.6 is 0 Å². The number of carbonyl (C=O) groups excluding carboxylic acids is 2. The van der Waals surface area contributed by atoms with Crippen LogP contribution in [0.5, 0.6) is 5.75 Å². The van der Waals surface area contributed by atoms with Gasteiger partial charge < -0.3 is 20.7 Å². The minimum Gasteiger partial charge on any atom is -0.410 e. The van der Waals surface area contributed by atoms with Gasteiger partial charge in [0.05, 0.1) is 0 Å². The van der Waals surface area contributed by atoms with E-state index >= 15 is 0 Å². The molecule has 0 heterocycles. The maximum atomic E-state index is 11.6. The molecule has 1 aliphatic carbocycles. The molecule has 0 saturated heterocycles. The summed E-state index contributed by atoms with van der Waals surface area (Å²) in [6.45, 7) is 3.82. The molecule has 0 atom stereocenters. The van der Waals surface area contributed by atoms with E-state index in [1.165, 1.54) is 0 Å². The van der Waals surface area contributed by atoms with E-state index < -0.39 is 6.09 Å². The number of urea groups is 1. The van der Waals surface area contributed by atoms with Gasteiger partial charge in [-0.1, -0.05) is 12.1 Å². The quantitative estimate of drug-likeness (QED) is 0.721. The van der Waals surface area contributed by atoms with Gasteiger partial charge in [-0.15, -0.1) is 6.58 Å². The lowest BCUT2D eigenvalue weighted by Gasteiger charge is -2.09. The second-order valence-corrected chi connectivity index (χ2v) is 4.46. The first-order chi connectivity index (χ1) is 9.67. The molecule has 0 radical (unpaired) electrons. The monoisotopic (exact) mass is 275 g/mol. The summed E-state index contributed by atoms with van der Waals surface area (Å²) in [5, 5.41) is 8.00. The molecule has 3 amide bonds. The highest BCUT2D eigenvalue weighted by Gasteiger charge is 2.23. The summed E-state index contributed by atoms with van der Waals surface area (Å²) < 4.78 is 5.06. The zero-order chi connectivity index (χ0) is 14.4. The third kappa shape index (κ3) is 4.64. The Balaban J connectivity index is 1.87. The van der Waals surface area contributed by atoms with Gasteiger partial charge in [0.15, 0.2) is 0 Å². The van der Waals surface area contributed by atoms with Gasteiger partial charge in [0.1, 0.15) is 5.75 Å². The van der Waals surface area contributed by atoms with E-state index in [0.29, 0.717) is 24.0 Å². The standard InChI is InChI=1S/C14H17N3O3/c1-2-8-15-14(19)20-12-5-3-4-11(9-12)17-13(18)16-10-6-7-10/h2-5,9-10H,1,6-8H2,(H,15,19)(H2,16,17,18). The van der Waals surface area contributed by atoms with Crippen molar-refractivity contribution in [1.82, 2.24) is 10.6 Å². The highest BCUT2D eigenvalue weighted by atomic mass is 16.6. The molecule has 6 nitrogen and oxygen atoms in total. The Morgan fingerprint density at radius 1 is 1.40 bits per heavy atom. The summed E-state index contributed by atoms with van der Waals surface area (Å²) in [5.74, 6) is 0.357. The fourth-order valence-corrected chi connectivity index (χ4v) is 1.52. The molecule has 1 aromatic rings. The SMILES string of the molecule is C=CCNC(=O)Oc1cccc(NC(=O)NC2CC2)c1. The molecule has 6 heteroatoms. The Morgan fingerprint density at radius 2 is 2.20 bits per heavy atom. The maximum absolute atomic E-state index is 11.6. The van der Waals surface area contributed by atoms with Gasteiger partial charge in [-0.25, -0.2) is 9.59 Å². The molecule has 1 aliphatic rings. The Bertz CT molecular complexity index is 512. The van der Waals surface area contributed by atoms with Crippen molar-refractivity contribution in [3.05, 3.63) is 36.9 Å². The Hall–Kier alpha value is -2.50. The van der Waals surface area contributed by atoms with Crippen LogP contribution in [0.3, 0.4) is 0 Å². The zero-order valence-electron chi connectivity index (χ0n) is 11.0. The van der Waals surface area contributed by atoms with Gasteiger partial charge in [0.25, 0.3) is 0 Å². The van der Waals surface area contributed by atoms with Crippen molar-refractivity contribution >= 4 is 17.8 Å². The second kappa shape index (κ2) is 6.60. The number of nitrogens with one attached hydrogen (secondary N) is 3. The second-order valence-electron chi connectivity index (χ2n) is 4.46. The maximum Gasteiger partial charge on any atom is 0.412 e. The van der Waals surface area contributed by atoms with E-state index in [-0.39, 0.29) is 6.03 Å². The molecule has 0 aliphatic heterocycles. The van der Waals surface area contributed by atoms with Crippen LogP contribution in [0.4, 0.5) is 15.3 Å². The van der Waals surface area contributed by atoms with Gasteiger partial charge in [-0.2, -0.15) is 0 Å². The summed E-state index contributed by atoms with van der Waals surface area (Å²) in [4.78, 5) is 23.0. The summed E-state index contributed by atoms with van der Waals surface area (Å²) in [5.41, 5.74) is 0.567. The fraction of sp³-hybridized carbons (Fsp3) is 0.286. The molecule has 0 spiro atoms. The van der Waals surface area contributed by atoms with Crippen molar-refractivity contribution in [1.29, 1.82) is 0 Å². The van der Waals surface area contributed by atoms with Gasteiger partial charge in [-0.3, -0.25) is 0 Å². The predicted octanol–water partition coefficient (Wildman–Crippen LogP) is 2.24. The minimum atomic E-state index is -0.565. The van der Waals surface area contributed by atoms with Crippen molar-refractivity contribution < 1.29 is 14.3 Å². The Labute approximate surface area is 117 Å². The molecule has 0 bridgehead atoms. The van der Waals surface area contributed by atoms with Gasteiger partial charge >= 0.3 is 12.1 Å². The molecule has 1 aromatic carbocycles. The summed E-state index contributed by atoms with van der Waals surface area (Å²) >= 11 is 0. The van der Waals surface area contributed by atoms with Crippen molar-refractivity contribution in [3.63, 3.8) is 0 Å². The molecular weight excluding hydrogens is 258 g/mol. The van der Waals surface area contributed by atoms with Crippen molar-refractivity contribution in [2.24, 2.45) is 0 Å². The van der Waals surface area contributed by atoms with Gasteiger partial charge in [-0.05, 0) is 25.0 Å². The lowest BCUT2D eigenvalue weighted by Crippen LogP contribution is -2.30. The first kappa shape index (κ1) is 13.9. The number of rotatable bonds is 5. The average Bonchev–Trinajstić information content (AvgIpc) is 3.20. The van der Waals surface area contributed by atoms with Crippen LogP contribution in [0, 0.1) is 0 Å². The molecule has 2 rings (SSSR count). The highest BCUT2D eigenvalue weighted by Crippen LogP contribution is 2.20. The summed E-state index contributed by atoms with van der Waals surface area (Å²) in [6, 6.07) is 6.68. The third-order valence-corrected chi connectivity index (χ3v) is 2.61. The molecule has 3 N–H and O–H groups in total. The number of amides is 3. The van der Waals surface area contributed by atoms with Crippen LogP contribution in [-0.2, 0) is 0 Å². The third-order valence-electron chi connectivity index (χ3n) is 2.61. The summed E-state index contributed by atoms with van der Waals surface area (Å²) in [7, 11) is 0. The first-order valence-corrected chi connectivity index (χ1v) is 6.41. The molecule has 106 valence electrons. The zero-order valence-corrected chi connectivity index (χ0v) is 11.0. The van der Waals surface area contributed by atoms with Crippen LogP contribution in [0.25, 0.3) is 0 Å². The van der Waals surface area contributed by atoms with E-state index in [2.05, 4.69) is 22.5 Å². The number of hydrogen-bond acceptors (Lipinski definition) is 3. The number of ether oxygens (including phenoxy) is 1. The average molecular weight is 275 g/mol. The Morgan fingerprint density at radius 3 is 2.90 bits per heavy atom. The first-order valence-electron chi connectivity index (χ1n) is 6.41. The number of anilines is 1. The van der Waals surface area contributed by atoms with E-state index in [9.17, 15) is 9.59 Å². The highest BCUT2D eigenvalue weighted by molar-refractivity contribution is 5.89. The van der Waals surface area contributed by atoms with Crippen LogP contribution < -0.4 is 20.7 Å². The Kier molecular flexibility index (Phi) is 4.60. The number of benzene rings is 1. The minimum absolute atomic E-state index is 0.249. The van der Waals surface area contributed by atoms with Crippen molar-refractivity contribution in [2.75, 3.05) is 11.9 Å². The van der Waals surface area contributed by atoms with Crippen LogP contribution in [0.1, 0.15) is 12.8 Å². The van der Waals surface area contributed by atoms with Crippen LogP contribution in [0.15, 0.2) is 36.9 Å². The largest absolute Gasteiger partial charge is 0.412 e. The number of carbonyl (C=O) groups is 2. The molecule has 20 heavy (non-hydrogen) atoms. The lowest BCUT2D eigenvalue weighted by molar-refractivity contribution is 0.201. The van der Waals surface area contributed by atoms with Gasteiger partial charge in [0.2, 0.25) is 0 Å². The topological polar surface area (TPSA) is 79.5 Å². The summed E-state index contributed by atoms with van der Waals surface area (Å²) in [6.07, 6.45) is 3.05. The van der Waals surface area contributed by atoms with Crippen LogP contribution in [0.2, 0.25) is 0 Å². The van der Waals surface area contributed by atoms with E-state index in [0.717, 1.165) is 12.8 Å². The molecule has 1 fully saturated rings. The number of hydrogen-bond donors (Lipinski definition) is 3. The lowest BCUT2D eigenvalue weighted by atomic mass is 10.3. The fourth-order valence-electron chi connectivity index (χ4n) is 1.52. The normalized spacial score (nSPS) is 13.2. The van der Waals surface area contributed by atoms with Crippen LogP contribution in [-0.4, -0.2) is 24.7 Å². The molecule has 1 saturated carbocycles. The molecule has 0 unspecified atom stereocenters. The van der Waals surface area contributed by atoms with Crippen molar-refractivity contribution in [2.45, 2.75) is 18.9 Å². The smallest absolute Gasteiger partial charge is 0.410 e. The van der Waals surface area contributed by atoms with Gasteiger partial charge in [0, 0.05) is 24.3 Å². The van der Waals surface area contributed by atoms with E-state index in [4.69, 9.17) is 4.74 Å². The van der Waals surface area contributed by atoms with Crippen molar-refractivity contribution in [3.8, 4) is 5.75 Å². The molecular formula is C14H17N3O3. The molecule has 0 aromatic heterocycles. The van der Waals surface area contributed by atoms with E-state index in [1.54, 1.807) is 30.3 Å². The predicted molar refractivity (Wildman–Crippen MR) is 75.8 cm³/mol. The van der Waals surface area contributed by atoms with E-state index in [1.807, 2.05) is 0 Å².